The second kappa shape index (κ2) is 8.53. The molecule has 6 nitrogen and oxygen atoms in total. The van der Waals surface area contributed by atoms with Crippen LogP contribution in [0.2, 0.25) is 0 Å². The molecule has 0 bridgehead atoms. The second-order valence-electron chi connectivity index (χ2n) is 5.68. The average Bonchev–Trinajstić information content (AvgIpc) is 2.64. The zero-order valence-electron chi connectivity index (χ0n) is 13.9. The quantitative estimate of drug-likeness (QED) is 0.671. The highest BCUT2D eigenvalue weighted by Gasteiger charge is 2.06. The first-order valence-corrected chi connectivity index (χ1v) is 8.95. The maximum Gasteiger partial charge on any atom is 0.266 e. The highest BCUT2D eigenvalue weighted by atomic mass is 79.9. The van der Waals surface area contributed by atoms with Crippen LogP contribution in [0, 0.1) is 0 Å². The number of carbonyl (C=O) groups is 1. The van der Waals surface area contributed by atoms with Crippen molar-refractivity contribution >= 4 is 27.5 Å². The molecule has 0 atom stereocenters. The molecule has 2 heterocycles. The van der Waals surface area contributed by atoms with E-state index in [9.17, 15) is 9.59 Å². The summed E-state index contributed by atoms with van der Waals surface area (Å²) in [5.74, 6) is -0.0976. The highest BCUT2D eigenvalue weighted by molar-refractivity contribution is 9.10. The van der Waals surface area contributed by atoms with Gasteiger partial charge in [0.15, 0.2) is 0 Å². The van der Waals surface area contributed by atoms with Crippen molar-refractivity contribution in [1.82, 2.24) is 14.8 Å². The van der Waals surface area contributed by atoms with E-state index in [4.69, 9.17) is 0 Å². The van der Waals surface area contributed by atoms with Crippen molar-refractivity contribution in [3.8, 4) is 11.3 Å². The Hall–Kier alpha value is -2.80. The summed E-state index contributed by atoms with van der Waals surface area (Å²) in [5, 5.41) is 7.20. The van der Waals surface area contributed by atoms with Crippen LogP contribution < -0.4 is 10.9 Å². The Balaban J connectivity index is 1.59. The Morgan fingerprint density at radius 2 is 2.04 bits per heavy atom. The van der Waals surface area contributed by atoms with Crippen LogP contribution in [0.4, 0.5) is 5.69 Å². The van der Waals surface area contributed by atoms with E-state index in [0.717, 1.165) is 15.7 Å². The number of aryl methyl sites for hydroxylation is 1. The SMILES string of the molecule is O=C(CCCn1nc(-c2cccnc2)ccc1=O)Nc1cccc(Br)c1. The molecule has 0 fully saturated rings. The Bertz CT molecular complexity index is 957. The topological polar surface area (TPSA) is 76.9 Å². The lowest BCUT2D eigenvalue weighted by Gasteiger charge is -2.08. The van der Waals surface area contributed by atoms with Gasteiger partial charge in [-0.1, -0.05) is 22.0 Å². The molecule has 0 spiro atoms. The summed E-state index contributed by atoms with van der Waals surface area (Å²) >= 11 is 3.37. The van der Waals surface area contributed by atoms with Gasteiger partial charge in [0, 0.05) is 47.1 Å². The smallest absolute Gasteiger partial charge is 0.266 e. The van der Waals surface area contributed by atoms with Gasteiger partial charge in [0.2, 0.25) is 5.91 Å². The number of anilines is 1. The van der Waals surface area contributed by atoms with Gasteiger partial charge in [-0.3, -0.25) is 14.6 Å². The first-order valence-electron chi connectivity index (χ1n) is 8.16. The number of carbonyl (C=O) groups excluding carboxylic acids is 1. The van der Waals surface area contributed by atoms with E-state index in [0.29, 0.717) is 25.1 Å². The van der Waals surface area contributed by atoms with E-state index in [1.54, 1.807) is 18.5 Å². The number of hydrogen-bond acceptors (Lipinski definition) is 4. The van der Waals surface area contributed by atoms with Gasteiger partial charge in [0.1, 0.15) is 0 Å². The van der Waals surface area contributed by atoms with Gasteiger partial charge in [-0.05, 0) is 42.8 Å². The molecule has 0 radical (unpaired) electrons. The van der Waals surface area contributed by atoms with Crippen LogP contribution in [-0.2, 0) is 11.3 Å². The van der Waals surface area contributed by atoms with Crippen molar-refractivity contribution in [3.05, 3.63) is 75.8 Å². The Morgan fingerprint density at radius 3 is 2.81 bits per heavy atom. The average molecular weight is 413 g/mol. The lowest BCUT2D eigenvalue weighted by molar-refractivity contribution is -0.116. The monoisotopic (exact) mass is 412 g/mol. The maximum absolute atomic E-state index is 12.0. The van der Waals surface area contributed by atoms with Crippen LogP contribution in [0.15, 0.2) is 70.2 Å². The van der Waals surface area contributed by atoms with Crippen LogP contribution in [0.1, 0.15) is 12.8 Å². The molecule has 7 heteroatoms. The third-order valence-electron chi connectivity index (χ3n) is 3.71. The summed E-state index contributed by atoms with van der Waals surface area (Å²) in [7, 11) is 0. The fourth-order valence-corrected chi connectivity index (χ4v) is 2.86. The molecular weight excluding hydrogens is 396 g/mol. The molecule has 2 aromatic heterocycles. The fraction of sp³-hybridized carbons (Fsp3) is 0.158. The molecule has 0 saturated carbocycles. The number of pyridine rings is 1. The summed E-state index contributed by atoms with van der Waals surface area (Å²) in [6.45, 7) is 0.374. The predicted octanol–water partition coefficient (Wildman–Crippen LogP) is 3.49. The molecule has 1 N–H and O–H groups in total. The summed E-state index contributed by atoms with van der Waals surface area (Å²) in [6.07, 6.45) is 4.20. The van der Waals surface area contributed by atoms with E-state index >= 15 is 0 Å². The van der Waals surface area contributed by atoms with Crippen LogP contribution in [0.25, 0.3) is 11.3 Å². The Morgan fingerprint density at radius 1 is 1.15 bits per heavy atom. The molecule has 26 heavy (non-hydrogen) atoms. The largest absolute Gasteiger partial charge is 0.326 e. The third-order valence-corrected chi connectivity index (χ3v) is 4.20. The van der Waals surface area contributed by atoms with E-state index in [1.807, 2.05) is 36.4 Å². The molecule has 1 aromatic carbocycles. The molecular formula is C19H17BrN4O2. The minimum absolute atomic E-state index is 0.0976. The minimum Gasteiger partial charge on any atom is -0.326 e. The standard InChI is InChI=1S/C19H17BrN4O2/c20-15-5-1-6-16(12-15)22-18(25)7-3-11-24-19(26)9-8-17(23-24)14-4-2-10-21-13-14/h1-2,4-6,8-10,12-13H,3,7,11H2,(H,22,25). The van der Waals surface area contributed by atoms with Crippen LogP contribution in [0.3, 0.4) is 0 Å². The summed E-state index contributed by atoms with van der Waals surface area (Å²) in [4.78, 5) is 28.1. The van der Waals surface area contributed by atoms with Gasteiger partial charge in [-0.25, -0.2) is 4.68 Å². The number of nitrogens with one attached hydrogen (secondary N) is 1. The van der Waals surface area contributed by atoms with Crippen LogP contribution in [0.5, 0.6) is 0 Å². The first kappa shape index (κ1) is 18.0. The van der Waals surface area contributed by atoms with Gasteiger partial charge < -0.3 is 5.32 Å². The zero-order chi connectivity index (χ0) is 18.4. The third kappa shape index (κ3) is 4.86. The lowest BCUT2D eigenvalue weighted by Crippen LogP contribution is -2.23. The molecule has 0 saturated heterocycles. The summed E-state index contributed by atoms with van der Waals surface area (Å²) < 4.78 is 2.28. The number of halogens is 1. The molecule has 0 aliphatic rings. The minimum atomic E-state index is -0.190. The van der Waals surface area contributed by atoms with Gasteiger partial charge in [0.05, 0.1) is 5.69 Å². The Kier molecular flexibility index (Phi) is 5.91. The van der Waals surface area contributed by atoms with E-state index in [-0.39, 0.29) is 11.5 Å². The van der Waals surface area contributed by atoms with E-state index in [1.165, 1.54) is 10.7 Å². The van der Waals surface area contributed by atoms with Gasteiger partial charge in [-0.15, -0.1) is 0 Å². The van der Waals surface area contributed by atoms with Crippen LogP contribution in [-0.4, -0.2) is 20.7 Å². The number of nitrogens with zero attached hydrogens (tertiary/aromatic N) is 3. The van der Waals surface area contributed by atoms with Gasteiger partial charge in [0.25, 0.3) is 5.56 Å². The summed E-state index contributed by atoms with van der Waals surface area (Å²) in [5.41, 5.74) is 2.06. The van der Waals surface area contributed by atoms with Crippen molar-refractivity contribution in [2.45, 2.75) is 19.4 Å². The van der Waals surface area contributed by atoms with E-state index in [2.05, 4.69) is 31.3 Å². The number of rotatable bonds is 6. The van der Waals surface area contributed by atoms with Crippen molar-refractivity contribution < 1.29 is 4.79 Å². The predicted molar refractivity (Wildman–Crippen MR) is 104 cm³/mol. The normalized spacial score (nSPS) is 10.5. The van der Waals surface area contributed by atoms with Crippen molar-refractivity contribution in [2.75, 3.05) is 5.32 Å². The second-order valence-corrected chi connectivity index (χ2v) is 6.60. The molecule has 132 valence electrons. The molecule has 3 aromatic rings. The van der Waals surface area contributed by atoms with Crippen molar-refractivity contribution in [3.63, 3.8) is 0 Å². The maximum atomic E-state index is 12.0. The summed E-state index contributed by atoms with van der Waals surface area (Å²) in [6, 6.07) is 14.3. The number of aromatic nitrogens is 3. The number of amides is 1. The zero-order valence-corrected chi connectivity index (χ0v) is 15.5. The lowest BCUT2D eigenvalue weighted by atomic mass is 10.2. The van der Waals surface area contributed by atoms with Gasteiger partial charge >= 0.3 is 0 Å². The number of hydrogen-bond donors (Lipinski definition) is 1. The van der Waals surface area contributed by atoms with Crippen molar-refractivity contribution in [1.29, 1.82) is 0 Å². The molecule has 0 unspecified atom stereocenters. The van der Waals surface area contributed by atoms with Crippen molar-refractivity contribution in [2.24, 2.45) is 0 Å². The number of benzene rings is 1. The highest BCUT2D eigenvalue weighted by Crippen LogP contribution is 2.16. The molecule has 0 aliphatic carbocycles. The Labute approximate surface area is 159 Å². The van der Waals surface area contributed by atoms with Crippen LogP contribution >= 0.6 is 15.9 Å². The molecule has 3 rings (SSSR count). The fourth-order valence-electron chi connectivity index (χ4n) is 2.46. The van der Waals surface area contributed by atoms with E-state index < -0.39 is 0 Å². The first-order chi connectivity index (χ1) is 12.6. The molecule has 0 aliphatic heterocycles. The molecule has 1 amide bonds. The van der Waals surface area contributed by atoms with Gasteiger partial charge in [-0.2, -0.15) is 5.10 Å².